The molecule has 0 aromatic heterocycles. The highest BCUT2D eigenvalue weighted by Gasteiger charge is 2.58. The first-order valence-corrected chi connectivity index (χ1v) is 29.5. The Kier molecular flexibility index (Phi) is 19.1. The lowest BCUT2D eigenvalue weighted by Crippen LogP contribution is -3.14. The first-order valence-electron chi connectivity index (χ1n) is 24.8. The van der Waals surface area contributed by atoms with Crippen molar-refractivity contribution in [2.75, 3.05) is 57.6 Å². The summed E-state index contributed by atoms with van der Waals surface area (Å²) in [6.45, 7) is 2.44. The second-order valence-corrected chi connectivity index (χ2v) is 24.9. The number of carbonyl (C=O) groups excluding carboxylic acids is 1. The Morgan fingerprint density at radius 1 is 1.14 bits per heavy atom. The lowest BCUT2D eigenvalue weighted by molar-refractivity contribution is -0.870. The summed E-state index contributed by atoms with van der Waals surface area (Å²) in [6, 6.07) is -0.926. The predicted octanol–water partition coefficient (Wildman–Crippen LogP) is -1.81. The molecule has 1 aliphatic carbocycles. The zero-order valence-corrected chi connectivity index (χ0v) is 44.3. The number of fused-ring (bicyclic) bond motifs is 3. The van der Waals surface area contributed by atoms with Crippen LogP contribution in [-0.4, -0.2) is 193 Å². The number of nitrogens with zero attached hydrogens (tertiary/aromatic N) is 2. The average molecular weight is 1110 g/mol. The van der Waals surface area contributed by atoms with Crippen molar-refractivity contribution in [1.29, 1.82) is 0 Å². The highest BCUT2D eigenvalue weighted by atomic mass is 33.1. The Balaban J connectivity index is 1.40. The minimum atomic E-state index is -2.99. The molecule has 0 radical (unpaired) electrons. The maximum absolute atomic E-state index is 15.2. The van der Waals surface area contributed by atoms with E-state index in [1.807, 2.05) is 6.08 Å². The summed E-state index contributed by atoms with van der Waals surface area (Å²) in [5.41, 5.74) is 13.3. The molecule has 15 unspecified atom stereocenters. The number of ether oxygens (including phenoxy) is 5. The lowest BCUT2D eigenvalue weighted by Gasteiger charge is -2.48. The third kappa shape index (κ3) is 12.3. The number of aliphatic hydroxyl groups is 7. The molecular formula is C48H68N7O15S4+. The number of carboxylic acid groups (broad SMARTS) is 1. The van der Waals surface area contributed by atoms with Crippen LogP contribution in [0, 0.1) is 35.5 Å². The van der Waals surface area contributed by atoms with Gasteiger partial charge in [-0.2, -0.15) is 0 Å². The van der Waals surface area contributed by atoms with E-state index >= 15 is 4.79 Å². The maximum atomic E-state index is 15.2. The van der Waals surface area contributed by atoms with Crippen molar-refractivity contribution >= 4 is 67.0 Å². The molecule has 0 spiro atoms. The standard InChI is InChI=1S/C48H67N7O15S4/c1-24(2)67-39-44(69-35(21-59)38(60)48(39,64)65)70-43-29-5-3-14-71-74-47(16-28-9-12-52-45(49)53-28)10-8-25-15-27-17-55(18-30(41(61)62)37(27)54-46(50)51-11-4-13-56)33(20-58)40(47)73-72-23-32-26(19-57)6-7-34(32)68-42(63)31(22-66-43)36(25)29/h3,5,15,18,22,24,26,28-29,32-36,38-40,43-44,56-60,64-65H,4,6-7,9,11-14,16-17,19-21,23H2,1-2H3,(H,61,62)(H3,49,52,53)(H3,50,51,54)/p+1. The number of aliphatic imine (C=N–C) groups is 2. The molecule has 1 saturated carbocycles. The lowest BCUT2D eigenvalue weighted by atomic mass is 9.76. The molecule has 26 heteroatoms. The van der Waals surface area contributed by atoms with Crippen LogP contribution in [0.2, 0.25) is 0 Å². The topological polar surface area (TPSA) is 347 Å². The van der Waals surface area contributed by atoms with Gasteiger partial charge in [-0.3, -0.25) is 14.9 Å². The number of hydrogen-bond acceptors (Lipinski definition) is 22. The molecule has 0 aromatic rings. The average Bonchev–Trinajstić information content (AvgIpc) is 3.73. The van der Waals surface area contributed by atoms with Gasteiger partial charge in [-0.25, -0.2) is 9.59 Å². The Hall–Kier alpha value is -3.50. The number of carbonyl (C=O) groups is 2. The highest BCUT2D eigenvalue weighted by molar-refractivity contribution is 8.79. The molecule has 7 heterocycles. The van der Waals surface area contributed by atoms with Crippen molar-refractivity contribution in [2.45, 2.75) is 117 Å². The van der Waals surface area contributed by atoms with Crippen molar-refractivity contribution in [3.05, 3.63) is 58.7 Å². The molecule has 15 atom stereocenters. The summed E-state index contributed by atoms with van der Waals surface area (Å²) < 4.78 is 30.3. The van der Waals surface area contributed by atoms with Gasteiger partial charge in [0.15, 0.2) is 24.3 Å². The fourth-order valence-electron chi connectivity index (χ4n) is 10.7. The van der Waals surface area contributed by atoms with Crippen LogP contribution in [0.1, 0.15) is 46.0 Å². The minimum Gasteiger partial charge on any atom is -0.477 e. The van der Waals surface area contributed by atoms with Gasteiger partial charge in [-0.05, 0) is 57.9 Å². The van der Waals surface area contributed by atoms with Crippen LogP contribution in [0.3, 0.4) is 0 Å². The molecule has 408 valence electrons. The fraction of sp³-hybridized carbons (Fsp3) is 0.667. The third-order valence-corrected chi connectivity index (χ3v) is 20.5. The van der Waals surface area contributed by atoms with E-state index in [0.29, 0.717) is 66.2 Å². The van der Waals surface area contributed by atoms with Crippen LogP contribution in [0.5, 0.6) is 0 Å². The molecular weight excluding hydrogens is 1040 g/mol. The Labute approximate surface area is 444 Å². The third-order valence-electron chi connectivity index (χ3n) is 14.4. The van der Waals surface area contributed by atoms with Crippen molar-refractivity contribution < 1.29 is 79.0 Å². The van der Waals surface area contributed by atoms with Crippen molar-refractivity contribution in [1.82, 2.24) is 10.6 Å². The Morgan fingerprint density at radius 3 is 2.66 bits per heavy atom. The van der Waals surface area contributed by atoms with Crippen LogP contribution in [0.4, 0.5) is 0 Å². The first-order chi connectivity index (χ1) is 35.5. The van der Waals surface area contributed by atoms with Crippen LogP contribution in [0.15, 0.2) is 68.7 Å². The summed E-state index contributed by atoms with van der Waals surface area (Å²) in [5.74, 6) is 0.588. The number of carboxylic acids is 1. The Morgan fingerprint density at radius 2 is 1.95 bits per heavy atom. The molecule has 0 aromatic carbocycles. The van der Waals surface area contributed by atoms with E-state index in [9.17, 15) is 45.6 Å². The van der Waals surface area contributed by atoms with Crippen molar-refractivity contribution in [2.24, 2.45) is 45.1 Å². The molecule has 6 bridgehead atoms. The van der Waals surface area contributed by atoms with Crippen molar-refractivity contribution in [3.63, 3.8) is 0 Å². The number of quaternary nitrogens is 1. The molecule has 2 fully saturated rings. The summed E-state index contributed by atoms with van der Waals surface area (Å²) in [7, 11) is 6.10. The van der Waals surface area contributed by atoms with Gasteiger partial charge in [0.25, 0.3) is 0 Å². The van der Waals surface area contributed by atoms with Crippen LogP contribution in [-0.2, 0) is 33.3 Å². The van der Waals surface area contributed by atoms with Crippen LogP contribution in [0.25, 0.3) is 0 Å². The summed E-state index contributed by atoms with van der Waals surface area (Å²) in [4.78, 5) is 38.1. The number of aliphatic hydroxyl groups excluding tert-OH is 5. The second kappa shape index (κ2) is 24.9. The number of guanidine groups is 2. The number of esters is 1. The van der Waals surface area contributed by atoms with Crippen molar-refractivity contribution in [3.8, 4) is 11.8 Å². The van der Waals surface area contributed by atoms with E-state index in [1.165, 1.54) is 49.4 Å². The normalized spacial score (nSPS) is 37.2. The van der Waals surface area contributed by atoms with Gasteiger partial charge in [-0.1, -0.05) is 67.2 Å². The van der Waals surface area contributed by atoms with Gasteiger partial charge < -0.3 is 86.6 Å². The summed E-state index contributed by atoms with van der Waals surface area (Å²) >= 11 is 0. The van der Waals surface area contributed by atoms with Crippen LogP contribution >= 0.6 is 43.2 Å². The van der Waals surface area contributed by atoms with E-state index in [2.05, 4.69) is 32.5 Å². The number of nitrogens with one attached hydrogen (secondary N) is 3. The number of rotatable bonds is 14. The fourth-order valence-corrected chi connectivity index (χ4v) is 17.8. The predicted molar refractivity (Wildman–Crippen MR) is 278 cm³/mol. The second-order valence-electron chi connectivity index (χ2n) is 19.7. The zero-order chi connectivity index (χ0) is 52.9. The quantitative estimate of drug-likeness (QED) is 0.0133. The molecule has 0 amide bonds. The largest absolute Gasteiger partial charge is 0.477 e. The van der Waals surface area contributed by atoms with E-state index < -0.39 is 95.3 Å². The molecule has 7 aliphatic heterocycles. The summed E-state index contributed by atoms with van der Waals surface area (Å²) in [5, 5.41) is 92.9. The van der Waals surface area contributed by atoms with Gasteiger partial charge in [0.2, 0.25) is 12.1 Å². The monoisotopic (exact) mass is 1110 g/mol. The molecule has 74 heavy (non-hydrogen) atoms. The van der Waals surface area contributed by atoms with E-state index in [4.69, 9.17) is 35.2 Å². The smallest absolute Gasteiger partial charge is 0.343 e. The van der Waals surface area contributed by atoms with E-state index in [1.54, 1.807) is 32.2 Å². The SMILES string of the molecule is CC(C)OC1C(OC2OC=C3C(=O)OC4CCC(CO)C4CSSC4C(CO)[NH+]5C=C(C(=O)O)C(NC(N)=NCCCO)=C(C=C6C#CC4(CC4CCN=C(N)N4)SSCC=CC2C63)C5)OC(CO)C(O)C1(O)O. The zero-order valence-electron chi connectivity index (χ0n) is 41.0. The number of allylic oxidation sites excluding steroid dienone is 1. The highest BCUT2D eigenvalue weighted by Crippen LogP contribution is 2.52. The van der Waals surface area contributed by atoms with Gasteiger partial charge >= 0.3 is 11.9 Å². The van der Waals surface area contributed by atoms with Gasteiger partial charge in [-0.15, -0.1) is 0 Å². The molecule has 8 aliphatic rings. The maximum Gasteiger partial charge on any atom is 0.343 e. The van der Waals surface area contributed by atoms with Crippen LogP contribution < -0.4 is 27.0 Å². The Bertz CT molecular complexity index is 2360. The number of nitrogens with two attached hydrogens (primary N) is 2. The molecule has 15 N–H and O–H groups in total. The molecule has 8 rings (SSSR count). The first kappa shape index (κ1) is 56.7. The van der Waals surface area contributed by atoms with Gasteiger partial charge in [0.05, 0.1) is 48.0 Å². The molecule has 22 nitrogen and oxygen atoms in total. The number of hydrogen-bond donors (Lipinski definition) is 13. The van der Waals surface area contributed by atoms with E-state index in [0.717, 1.165) is 0 Å². The number of aliphatic carboxylic acids is 1. The van der Waals surface area contributed by atoms with E-state index in [-0.39, 0.29) is 79.6 Å². The minimum absolute atomic E-state index is 0.0198. The molecule has 1 saturated heterocycles. The van der Waals surface area contributed by atoms with Gasteiger partial charge in [0.1, 0.15) is 47.4 Å². The summed E-state index contributed by atoms with van der Waals surface area (Å²) in [6.07, 6.45) is 0.815. The van der Waals surface area contributed by atoms with Gasteiger partial charge in [0, 0.05) is 66.8 Å².